The number of carbonyl (C=O) groups is 1. The summed E-state index contributed by atoms with van der Waals surface area (Å²) in [7, 11) is 1.59. The molecule has 7 nitrogen and oxygen atoms in total. The molecule has 45 heavy (non-hydrogen) atoms. The van der Waals surface area contributed by atoms with E-state index in [9.17, 15) is 15.0 Å². The van der Waals surface area contributed by atoms with Gasteiger partial charge in [-0.3, -0.25) is 4.79 Å². The Bertz CT molecular complexity index is 1420. The summed E-state index contributed by atoms with van der Waals surface area (Å²) in [6, 6.07) is 7.93. The maximum Gasteiger partial charge on any atom is 0.313 e. The Morgan fingerprint density at radius 1 is 1.00 bits per heavy atom. The van der Waals surface area contributed by atoms with E-state index in [2.05, 4.69) is 40.7 Å². The van der Waals surface area contributed by atoms with Gasteiger partial charge in [0, 0.05) is 5.39 Å². The Kier molecular flexibility index (Phi) is 8.71. The third-order valence-corrected chi connectivity index (χ3v) is 12.6. The first kappa shape index (κ1) is 32.6. The number of benzene rings is 2. The molecule has 2 aromatic carbocycles. The van der Waals surface area contributed by atoms with Crippen LogP contribution in [0.4, 0.5) is 0 Å². The zero-order valence-corrected chi connectivity index (χ0v) is 28.4. The van der Waals surface area contributed by atoms with Gasteiger partial charge in [-0.15, -0.1) is 0 Å². The van der Waals surface area contributed by atoms with Gasteiger partial charge in [-0.05, 0) is 110 Å². The number of rotatable bonds is 6. The molecule has 2 N–H and O–H groups in total. The number of aliphatic hydroxyl groups excluding tert-OH is 2. The van der Waals surface area contributed by atoms with E-state index < -0.39 is 30.0 Å². The Labute approximate surface area is 269 Å². The highest BCUT2D eigenvalue weighted by atomic mass is 16.7. The minimum Gasteiger partial charge on any atom is -0.492 e. The molecule has 2 aromatic rings. The van der Waals surface area contributed by atoms with Crippen LogP contribution in [0.2, 0.25) is 0 Å². The predicted octanol–water partition coefficient (Wildman–Crippen LogP) is 7.27. The fourth-order valence-corrected chi connectivity index (χ4v) is 10.1. The fourth-order valence-electron chi connectivity index (χ4n) is 10.1. The lowest BCUT2D eigenvalue weighted by atomic mass is 9.42. The average molecular weight is 623 g/mol. The molecule has 9 unspecified atom stereocenters. The summed E-state index contributed by atoms with van der Waals surface area (Å²) in [6.07, 6.45) is 4.81. The molecule has 3 saturated carbocycles. The van der Waals surface area contributed by atoms with Gasteiger partial charge in [-0.2, -0.15) is 0 Å². The number of ether oxygens (including phenoxy) is 4. The smallest absolute Gasteiger partial charge is 0.313 e. The van der Waals surface area contributed by atoms with E-state index in [4.69, 9.17) is 18.9 Å². The molecule has 0 radical (unpaired) electrons. The van der Waals surface area contributed by atoms with Crippen LogP contribution in [0, 0.1) is 47.8 Å². The highest BCUT2D eigenvalue weighted by Crippen LogP contribution is 2.66. The van der Waals surface area contributed by atoms with Crippen molar-refractivity contribution in [2.75, 3.05) is 13.7 Å². The first-order chi connectivity index (χ1) is 21.3. The molecular weight excluding hydrogens is 568 g/mol. The number of hydrogen-bond acceptors (Lipinski definition) is 7. The number of hydrogen-bond donors (Lipinski definition) is 2. The third-order valence-electron chi connectivity index (χ3n) is 12.6. The summed E-state index contributed by atoms with van der Waals surface area (Å²) < 4.78 is 24.1. The summed E-state index contributed by atoms with van der Waals surface area (Å²) >= 11 is 0. The molecule has 3 aliphatic carbocycles. The molecule has 9 atom stereocenters. The first-order valence-corrected chi connectivity index (χ1v) is 17.3. The van der Waals surface area contributed by atoms with Gasteiger partial charge in [0.25, 0.3) is 0 Å². The monoisotopic (exact) mass is 622 g/mol. The summed E-state index contributed by atoms with van der Waals surface area (Å²) in [4.78, 5) is 14.6. The molecule has 7 heteroatoms. The van der Waals surface area contributed by atoms with Crippen LogP contribution in [0.1, 0.15) is 96.6 Å². The van der Waals surface area contributed by atoms with Crippen LogP contribution in [0.25, 0.3) is 10.8 Å². The van der Waals surface area contributed by atoms with Gasteiger partial charge in [-0.25, -0.2) is 0 Å². The Balaban J connectivity index is 1.21. The second kappa shape index (κ2) is 12.0. The second-order valence-corrected chi connectivity index (χ2v) is 15.8. The van der Waals surface area contributed by atoms with Crippen LogP contribution >= 0.6 is 0 Å². The molecule has 4 aliphatic rings. The minimum absolute atomic E-state index is 0.0455. The molecule has 1 aliphatic heterocycles. The van der Waals surface area contributed by atoms with Crippen LogP contribution < -0.4 is 9.47 Å². The molecule has 0 amide bonds. The normalized spacial score (nSPS) is 37.8. The van der Waals surface area contributed by atoms with Gasteiger partial charge in [0.05, 0.1) is 19.1 Å². The van der Waals surface area contributed by atoms with Gasteiger partial charge in [0.1, 0.15) is 12.2 Å². The minimum atomic E-state index is -1.41. The molecule has 248 valence electrons. The lowest BCUT2D eigenvalue weighted by molar-refractivity contribution is -0.257. The first-order valence-electron chi connectivity index (χ1n) is 17.3. The van der Waals surface area contributed by atoms with E-state index in [1.165, 1.54) is 19.3 Å². The third kappa shape index (κ3) is 5.55. The van der Waals surface area contributed by atoms with Crippen molar-refractivity contribution in [2.45, 2.75) is 124 Å². The van der Waals surface area contributed by atoms with Crippen molar-refractivity contribution in [2.24, 2.45) is 34.0 Å². The predicted molar refractivity (Wildman–Crippen MR) is 174 cm³/mol. The number of fused-ring (bicyclic) bond motifs is 4. The molecule has 1 saturated heterocycles. The lowest BCUT2D eigenvalue weighted by Crippen LogP contribution is -2.61. The SMILES string of the molecule is CCC1(C)CCC2C(CCC3C(C)(C)CCCC23C(=O)OC2COC(Oc3ccc4c(C)cc(C)cc4c3OC)C(O)C2O)C1. The lowest BCUT2D eigenvalue weighted by Gasteiger charge is -2.61. The molecule has 0 bridgehead atoms. The molecule has 6 rings (SSSR count). The summed E-state index contributed by atoms with van der Waals surface area (Å²) in [5.74, 6) is 1.81. The number of esters is 1. The van der Waals surface area contributed by atoms with Crippen molar-refractivity contribution >= 4 is 16.7 Å². The second-order valence-electron chi connectivity index (χ2n) is 15.8. The van der Waals surface area contributed by atoms with Crippen molar-refractivity contribution in [1.82, 2.24) is 0 Å². The van der Waals surface area contributed by atoms with E-state index >= 15 is 0 Å². The van der Waals surface area contributed by atoms with Crippen LogP contribution in [-0.2, 0) is 14.3 Å². The number of aliphatic hydroxyl groups is 2. The number of carbonyl (C=O) groups excluding carboxylic acids is 1. The van der Waals surface area contributed by atoms with E-state index in [1.54, 1.807) is 13.2 Å². The van der Waals surface area contributed by atoms with E-state index in [0.717, 1.165) is 60.4 Å². The van der Waals surface area contributed by atoms with Gasteiger partial charge in [0.15, 0.2) is 17.6 Å². The molecule has 4 fully saturated rings. The van der Waals surface area contributed by atoms with Crippen molar-refractivity contribution in [3.63, 3.8) is 0 Å². The molecular formula is C38H54O7. The van der Waals surface area contributed by atoms with E-state index in [-0.39, 0.29) is 23.9 Å². The molecule has 1 heterocycles. The fraction of sp³-hybridized carbons (Fsp3) is 0.711. The standard InChI is InChI=1S/C38H54O7/c1-8-37(6)17-14-27-24(20-37)10-13-30-36(4,5)15-9-16-38(27,30)35(41)45-29-21-43-34(32(40)31(29)39)44-28-12-11-25-23(3)18-22(2)19-26(25)33(28)42-7/h11-12,18-19,24,27,29-32,34,39-40H,8-10,13-17,20-21H2,1-7H3. The van der Waals surface area contributed by atoms with Gasteiger partial charge >= 0.3 is 5.97 Å². The number of methoxy groups -OCH3 is 1. The van der Waals surface area contributed by atoms with Gasteiger partial charge < -0.3 is 29.2 Å². The van der Waals surface area contributed by atoms with Crippen LogP contribution in [0.5, 0.6) is 11.5 Å². The maximum absolute atomic E-state index is 14.6. The average Bonchev–Trinajstić information content (AvgIpc) is 3.00. The maximum atomic E-state index is 14.6. The quantitative estimate of drug-likeness (QED) is 0.327. The summed E-state index contributed by atoms with van der Waals surface area (Å²) in [5, 5.41) is 24.5. The Morgan fingerprint density at radius 2 is 1.78 bits per heavy atom. The highest BCUT2D eigenvalue weighted by Gasteiger charge is 2.63. The van der Waals surface area contributed by atoms with Crippen molar-refractivity contribution in [3.05, 3.63) is 35.4 Å². The van der Waals surface area contributed by atoms with Crippen molar-refractivity contribution in [3.8, 4) is 11.5 Å². The largest absolute Gasteiger partial charge is 0.492 e. The highest BCUT2D eigenvalue weighted by molar-refractivity contribution is 5.93. The zero-order valence-electron chi connectivity index (χ0n) is 28.4. The van der Waals surface area contributed by atoms with Crippen molar-refractivity contribution in [1.29, 1.82) is 0 Å². The Hall–Kier alpha value is -2.35. The van der Waals surface area contributed by atoms with Gasteiger partial charge in [-0.1, -0.05) is 58.2 Å². The van der Waals surface area contributed by atoms with Crippen LogP contribution in [0.3, 0.4) is 0 Å². The summed E-state index contributed by atoms with van der Waals surface area (Å²) in [6.45, 7) is 13.4. The van der Waals surface area contributed by atoms with E-state index in [0.29, 0.717) is 28.7 Å². The van der Waals surface area contributed by atoms with Crippen LogP contribution in [0.15, 0.2) is 24.3 Å². The van der Waals surface area contributed by atoms with E-state index in [1.807, 2.05) is 19.1 Å². The topological polar surface area (TPSA) is 94.5 Å². The van der Waals surface area contributed by atoms with Crippen molar-refractivity contribution < 1.29 is 34.0 Å². The Morgan fingerprint density at radius 3 is 2.51 bits per heavy atom. The number of aryl methyl sites for hydroxylation is 2. The zero-order chi connectivity index (χ0) is 32.3. The van der Waals surface area contributed by atoms with Crippen LogP contribution in [-0.4, -0.2) is 54.5 Å². The molecule has 0 spiro atoms. The summed E-state index contributed by atoms with van der Waals surface area (Å²) in [5.41, 5.74) is 2.05. The molecule has 0 aromatic heterocycles. The van der Waals surface area contributed by atoms with Gasteiger partial charge in [0.2, 0.25) is 6.29 Å².